The summed E-state index contributed by atoms with van der Waals surface area (Å²) < 4.78 is 0. The van der Waals surface area contributed by atoms with Gasteiger partial charge in [-0.25, -0.2) is 4.79 Å². The fourth-order valence-corrected chi connectivity index (χ4v) is 2.43. The number of amides is 2. The van der Waals surface area contributed by atoms with Gasteiger partial charge in [0.2, 0.25) is 0 Å². The van der Waals surface area contributed by atoms with Crippen LogP contribution in [-0.4, -0.2) is 48.8 Å². The molecule has 0 unspecified atom stereocenters. The highest BCUT2D eigenvalue weighted by molar-refractivity contribution is 5.90. The van der Waals surface area contributed by atoms with Gasteiger partial charge < -0.3 is 20.2 Å². The van der Waals surface area contributed by atoms with Crippen LogP contribution in [0.2, 0.25) is 0 Å². The molecule has 2 amide bonds. The van der Waals surface area contributed by atoms with Crippen LogP contribution in [0.5, 0.6) is 0 Å². The van der Waals surface area contributed by atoms with Gasteiger partial charge in [0.1, 0.15) is 0 Å². The maximum absolute atomic E-state index is 12.5. The standard InChI is InChI=1S/C17H27N3O2/c1-3-19(2)16-8-6-7-14(13-16)18-17(22)20(15-9-10-15)11-4-5-12-21/h6-8,13,15,21H,3-5,9-12H2,1-2H3,(H,18,22). The SMILES string of the molecule is CCN(C)c1cccc(NC(=O)N(CCCCO)C2CC2)c1. The molecule has 5 nitrogen and oxygen atoms in total. The lowest BCUT2D eigenvalue weighted by atomic mass is 10.2. The molecule has 0 aromatic heterocycles. The third kappa shape index (κ3) is 4.63. The number of aliphatic hydroxyl groups excluding tert-OH is 1. The van der Waals surface area contributed by atoms with E-state index >= 15 is 0 Å². The van der Waals surface area contributed by atoms with Gasteiger partial charge in [-0.2, -0.15) is 0 Å². The molecule has 5 heteroatoms. The molecule has 0 saturated heterocycles. The van der Waals surface area contributed by atoms with Gasteiger partial charge in [0.15, 0.2) is 0 Å². The predicted molar refractivity (Wildman–Crippen MR) is 90.5 cm³/mol. The van der Waals surface area contributed by atoms with Gasteiger partial charge in [-0.1, -0.05) is 6.07 Å². The number of anilines is 2. The molecule has 2 rings (SSSR count). The van der Waals surface area contributed by atoms with E-state index in [0.717, 1.165) is 43.6 Å². The van der Waals surface area contributed by atoms with Crippen molar-refractivity contribution in [3.63, 3.8) is 0 Å². The number of nitrogens with one attached hydrogen (secondary N) is 1. The van der Waals surface area contributed by atoms with E-state index in [9.17, 15) is 4.79 Å². The average Bonchev–Trinajstić information content (AvgIpc) is 3.35. The van der Waals surface area contributed by atoms with Gasteiger partial charge in [0.25, 0.3) is 0 Å². The number of benzene rings is 1. The molecule has 1 aliphatic carbocycles. The first kappa shape index (κ1) is 16.6. The van der Waals surface area contributed by atoms with E-state index in [1.807, 2.05) is 36.2 Å². The van der Waals surface area contributed by atoms with Crippen molar-refractivity contribution < 1.29 is 9.90 Å². The molecule has 0 spiro atoms. The lowest BCUT2D eigenvalue weighted by Gasteiger charge is -2.23. The Morgan fingerprint density at radius 1 is 1.36 bits per heavy atom. The first-order valence-corrected chi connectivity index (χ1v) is 8.15. The summed E-state index contributed by atoms with van der Waals surface area (Å²) >= 11 is 0. The first-order chi connectivity index (χ1) is 10.7. The van der Waals surface area contributed by atoms with E-state index in [4.69, 9.17) is 5.11 Å². The van der Waals surface area contributed by atoms with Crippen molar-refractivity contribution in [1.29, 1.82) is 0 Å². The summed E-state index contributed by atoms with van der Waals surface area (Å²) in [5.74, 6) is 0. The number of hydrogen-bond acceptors (Lipinski definition) is 3. The second kappa shape index (κ2) is 8.03. The van der Waals surface area contributed by atoms with E-state index in [1.165, 1.54) is 0 Å². The zero-order chi connectivity index (χ0) is 15.9. The van der Waals surface area contributed by atoms with Crippen LogP contribution in [0.3, 0.4) is 0 Å². The third-order valence-electron chi connectivity index (χ3n) is 4.07. The number of carbonyl (C=O) groups excluding carboxylic acids is 1. The maximum Gasteiger partial charge on any atom is 0.322 e. The van der Waals surface area contributed by atoms with Gasteiger partial charge >= 0.3 is 6.03 Å². The van der Waals surface area contributed by atoms with Crippen molar-refractivity contribution in [2.45, 2.75) is 38.6 Å². The summed E-state index contributed by atoms with van der Waals surface area (Å²) in [6, 6.07) is 8.27. The Balaban J connectivity index is 1.97. The zero-order valence-corrected chi connectivity index (χ0v) is 13.6. The molecule has 0 heterocycles. The summed E-state index contributed by atoms with van der Waals surface area (Å²) in [6.45, 7) is 3.92. The van der Waals surface area contributed by atoms with E-state index < -0.39 is 0 Å². The van der Waals surface area contributed by atoms with Crippen molar-refractivity contribution in [2.75, 3.05) is 37.0 Å². The quantitative estimate of drug-likeness (QED) is 0.726. The number of carbonyl (C=O) groups is 1. The van der Waals surface area contributed by atoms with Crippen molar-refractivity contribution >= 4 is 17.4 Å². The van der Waals surface area contributed by atoms with Gasteiger partial charge in [-0.15, -0.1) is 0 Å². The smallest absolute Gasteiger partial charge is 0.322 e. The Bertz CT molecular complexity index is 489. The lowest BCUT2D eigenvalue weighted by molar-refractivity contribution is 0.204. The number of aliphatic hydroxyl groups is 1. The molecule has 0 bridgehead atoms. The van der Waals surface area contributed by atoms with Crippen LogP contribution in [0.15, 0.2) is 24.3 Å². The van der Waals surface area contributed by atoms with Crippen molar-refractivity contribution in [3.8, 4) is 0 Å². The van der Waals surface area contributed by atoms with E-state index in [1.54, 1.807) is 0 Å². The molecule has 122 valence electrons. The first-order valence-electron chi connectivity index (χ1n) is 8.15. The minimum Gasteiger partial charge on any atom is -0.396 e. The fraction of sp³-hybridized carbons (Fsp3) is 0.588. The lowest BCUT2D eigenvalue weighted by Crippen LogP contribution is -2.37. The Kier molecular flexibility index (Phi) is 6.07. The normalized spacial score (nSPS) is 13.8. The highest BCUT2D eigenvalue weighted by Gasteiger charge is 2.32. The number of unbranched alkanes of at least 4 members (excludes halogenated alkanes) is 1. The van der Waals surface area contributed by atoms with Crippen LogP contribution < -0.4 is 10.2 Å². The summed E-state index contributed by atoms with van der Waals surface area (Å²) in [7, 11) is 2.03. The van der Waals surface area contributed by atoms with Crippen molar-refractivity contribution in [3.05, 3.63) is 24.3 Å². The Hall–Kier alpha value is -1.75. The minimum atomic E-state index is -0.0308. The highest BCUT2D eigenvalue weighted by atomic mass is 16.3. The zero-order valence-electron chi connectivity index (χ0n) is 13.6. The minimum absolute atomic E-state index is 0.0308. The average molecular weight is 305 g/mol. The molecule has 1 aliphatic rings. The summed E-state index contributed by atoms with van der Waals surface area (Å²) in [5, 5.41) is 11.9. The van der Waals surface area contributed by atoms with Crippen molar-refractivity contribution in [1.82, 2.24) is 4.90 Å². The number of hydrogen-bond donors (Lipinski definition) is 2. The predicted octanol–water partition coefficient (Wildman–Crippen LogP) is 2.91. The number of rotatable bonds is 8. The van der Waals surface area contributed by atoms with Crippen molar-refractivity contribution in [2.24, 2.45) is 0 Å². The summed E-state index contributed by atoms with van der Waals surface area (Å²) in [4.78, 5) is 16.5. The molecular weight excluding hydrogens is 278 g/mol. The van der Waals surface area contributed by atoms with Gasteiger partial charge in [0.05, 0.1) is 0 Å². The summed E-state index contributed by atoms with van der Waals surface area (Å²) in [5.41, 5.74) is 1.93. The Morgan fingerprint density at radius 3 is 2.77 bits per heavy atom. The molecule has 1 fully saturated rings. The fourth-order valence-electron chi connectivity index (χ4n) is 2.43. The van der Waals surface area contributed by atoms with E-state index in [2.05, 4.69) is 17.1 Å². The van der Waals surface area contributed by atoms with Crippen LogP contribution in [0.1, 0.15) is 32.6 Å². The number of nitrogens with zero attached hydrogens (tertiary/aromatic N) is 2. The van der Waals surface area contributed by atoms with Gasteiger partial charge in [-0.05, 0) is 50.8 Å². The molecule has 2 N–H and O–H groups in total. The van der Waals surface area contributed by atoms with E-state index in [-0.39, 0.29) is 12.6 Å². The molecule has 1 aromatic rings. The van der Waals surface area contributed by atoms with Crippen LogP contribution in [0.25, 0.3) is 0 Å². The molecule has 0 aliphatic heterocycles. The second-order valence-electron chi connectivity index (χ2n) is 5.85. The maximum atomic E-state index is 12.5. The van der Waals surface area contributed by atoms with Gasteiger partial charge in [0, 0.05) is 44.2 Å². The van der Waals surface area contributed by atoms with Gasteiger partial charge in [-0.3, -0.25) is 0 Å². The highest BCUT2D eigenvalue weighted by Crippen LogP contribution is 2.28. The summed E-state index contributed by atoms with van der Waals surface area (Å²) in [6.07, 6.45) is 3.77. The van der Waals surface area contributed by atoms with Crippen LogP contribution in [-0.2, 0) is 0 Å². The second-order valence-corrected chi connectivity index (χ2v) is 5.85. The topological polar surface area (TPSA) is 55.8 Å². The molecule has 0 radical (unpaired) electrons. The number of urea groups is 1. The molecule has 0 atom stereocenters. The Labute approximate surface area is 132 Å². The Morgan fingerprint density at radius 2 is 2.14 bits per heavy atom. The molecule has 1 saturated carbocycles. The van der Waals surface area contributed by atoms with Crippen LogP contribution in [0.4, 0.5) is 16.2 Å². The molecule has 1 aromatic carbocycles. The molecular formula is C17H27N3O2. The van der Waals surface area contributed by atoms with E-state index in [0.29, 0.717) is 12.6 Å². The third-order valence-corrected chi connectivity index (χ3v) is 4.07. The molecule has 22 heavy (non-hydrogen) atoms. The monoisotopic (exact) mass is 305 g/mol. The van der Waals surface area contributed by atoms with Crippen LogP contribution >= 0.6 is 0 Å². The van der Waals surface area contributed by atoms with Crippen LogP contribution in [0, 0.1) is 0 Å². The largest absolute Gasteiger partial charge is 0.396 e.